The summed E-state index contributed by atoms with van der Waals surface area (Å²) in [5.41, 5.74) is 1.77. The van der Waals surface area contributed by atoms with Crippen molar-refractivity contribution in [3.05, 3.63) is 58.2 Å². The molecule has 2 aromatic carbocycles. The van der Waals surface area contributed by atoms with Gasteiger partial charge in [0.05, 0.1) is 0 Å². The van der Waals surface area contributed by atoms with Crippen molar-refractivity contribution < 1.29 is 9.90 Å². The largest absolute Gasteiger partial charge is 0.476 e. The van der Waals surface area contributed by atoms with Crippen molar-refractivity contribution in [1.82, 2.24) is 15.4 Å². The van der Waals surface area contributed by atoms with Gasteiger partial charge in [-0.15, -0.1) is 5.10 Å². The number of aromatic amines is 1. The van der Waals surface area contributed by atoms with Crippen molar-refractivity contribution in [1.29, 1.82) is 0 Å². The van der Waals surface area contributed by atoms with E-state index in [0.717, 1.165) is 16.0 Å². The number of benzene rings is 2. The lowest BCUT2D eigenvalue weighted by atomic mass is 10.1. The minimum absolute atomic E-state index is 0.0482. The van der Waals surface area contributed by atoms with Gasteiger partial charge in [-0.3, -0.25) is 5.10 Å². The van der Waals surface area contributed by atoms with Crippen molar-refractivity contribution in [3.63, 3.8) is 0 Å². The Morgan fingerprint density at radius 2 is 1.87 bits per heavy atom. The first kappa shape index (κ1) is 15.9. The van der Waals surface area contributed by atoms with Crippen LogP contribution in [0.4, 0.5) is 0 Å². The van der Waals surface area contributed by atoms with Gasteiger partial charge in [0, 0.05) is 20.5 Å². The highest BCUT2D eigenvalue weighted by Gasteiger charge is 2.16. The maximum atomic E-state index is 11.0. The number of carboxylic acids is 1. The highest BCUT2D eigenvalue weighted by molar-refractivity contribution is 7.99. The first-order valence-corrected chi connectivity index (χ1v) is 7.99. The molecule has 116 valence electrons. The maximum Gasteiger partial charge on any atom is 0.356 e. The summed E-state index contributed by atoms with van der Waals surface area (Å²) in [7, 11) is 0. The summed E-state index contributed by atoms with van der Waals surface area (Å²) in [6, 6.07) is 12.8. The van der Waals surface area contributed by atoms with E-state index in [1.54, 1.807) is 18.2 Å². The number of carbonyl (C=O) groups is 1. The molecule has 3 aromatic rings. The number of rotatable bonds is 4. The molecule has 0 aliphatic heterocycles. The zero-order valence-electron chi connectivity index (χ0n) is 11.5. The van der Waals surface area contributed by atoms with Crippen LogP contribution in [0.15, 0.2) is 52.4 Å². The number of H-pyrrole nitrogens is 1. The molecular weight excluding hydrogens is 357 g/mol. The molecule has 0 aliphatic carbocycles. The standard InChI is InChI=1S/C15H9Cl2N3O2S/c16-9-3-1-8(2-4-9)11-6-5-10(7-12(11)17)23-14-13(15(21)22)18-20-19-14/h1-7H,(H,21,22)(H,18,19,20). The van der Waals surface area contributed by atoms with Crippen molar-refractivity contribution in [3.8, 4) is 11.1 Å². The third-order valence-electron chi connectivity index (χ3n) is 3.04. The molecule has 23 heavy (non-hydrogen) atoms. The zero-order chi connectivity index (χ0) is 16.4. The summed E-state index contributed by atoms with van der Waals surface area (Å²) >= 11 is 13.4. The van der Waals surface area contributed by atoms with Crippen molar-refractivity contribution in [2.75, 3.05) is 0 Å². The van der Waals surface area contributed by atoms with Gasteiger partial charge in [0.2, 0.25) is 0 Å². The highest BCUT2D eigenvalue weighted by atomic mass is 35.5. The van der Waals surface area contributed by atoms with Gasteiger partial charge >= 0.3 is 5.97 Å². The Kier molecular flexibility index (Phi) is 4.56. The van der Waals surface area contributed by atoms with E-state index >= 15 is 0 Å². The Hall–Kier alpha value is -2.02. The molecule has 0 amide bonds. The molecule has 0 aliphatic rings. The number of aromatic nitrogens is 3. The van der Waals surface area contributed by atoms with Gasteiger partial charge in [0.15, 0.2) is 10.7 Å². The second-order valence-electron chi connectivity index (χ2n) is 4.55. The summed E-state index contributed by atoms with van der Waals surface area (Å²) in [6.45, 7) is 0. The topological polar surface area (TPSA) is 78.9 Å². The quantitative estimate of drug-likeness (QED) is 0.704. The van der Waals surface area contributed by atoms with E-state index in [4.69, 9.17) is 28.3 Å². The summed E-state index contributed by atoms with van der Waals surface area (Å²) in [6.07, 6.45) is 0. The highest BCUT2D eigenvalue weighted by Crippen LogP contribution is 2.35. The minimum atomic E-state index is -1.11. The fourth-order valence-corrected chi connectivity index (χ4v) is 3.30. The SMILES string of the molecule is O=C(O)c1[nH]nnc1Sc1ccc(-c2ccc(Cl)cc2)c(Cl)c1. The van der Waals surface area contributed by atoms with E-state index in [0.29, 0.717) is 10.0 Å². The van der Waals surface area contributed by atoms with E-state index in [1.165, 1.54) is 11.8 Å². The number of nitrogens with zero attached hydrogens (tertiary/aromatic N) is 2. The maximum absolute atomic E-state index is 11.0. The number of halogens is 2. The fourth-order valence-electron chi connectivity index (χ4n) is 1.96. The predicted molar refractivity (Wildman–Crippen MR) is 89.4 cm³/mol. The summed E-state index contributed by atoms with van der Waals surface area (Å²) in [4.78, 5) is 11.8. The van der Waals surface area contributed by atoms with Gasteiger partial charge in [-0.2, -0.15) is 0 Å². The lowest BCUT2D eigenvalue weighted by Crippen LogP contribution is -1.98. The van der Waals surface area contributed by atoms with E-state index in [1.807, 2.05) is 24.3 Å². The molecule has 0 radical (unpaired) electrons. The van der Waals surface area contributed by atoms with E-state index in [-0.39, 0.29) is 10.7 Å². The second-order valence-corrected chi connectivity index (χ2v) is 6.45. The van der Waals surface area contributed by atoms with Crippen LogP contribution >= 0.6 is 35.0 Å². The number of hydrogen-bond donors (Lipinski definition) is 2. The molecule has 0 saturated carbocycles. The van der Waals surface area contributed by atoms with Crippen molar-refractivity contribution >= 4 is 40.9 Å². The first-order chi connectivity index (χ1) is 11.0. The third-order valence-corrected chi connectivity index (χ3v) is 4.57. The van der Waals surface area contributed by atoms with Gasteiger partial charge < -0.3 is 5.11 Å². The number of carboxylic acid groups (broad SMARTS) is 1. The Morgan fingerprint density at radius 3 is 2.52 bits per heavy atom. The smallest absolute Gasteiger partial charge is 0.356 e. The molecule has 3 rings (SSSR count). The minimum Gasteiger partial charge on any atom is -0.476 e. The second kappa shape index (κ2) is 6.62. The monoisotopic (exact) mass is 365 g/mol. The van der Waals surface area contributed by atoms with Gasteiger partial charge in [0.1, 0.15) is 0 Å². The lowest BCUT2D eigenvalue weighted by Gasteiger charge is -2.07. The Bertz CT molecular complexity index is 865. The fraction of sp³-hybridized carbons (Fsp3) is 0. The Labute approximate surface area is 145 Å². The van der Waals surface area contributed by atoms with Crippen LogP contribution in [0.3, 0.4) is 0 Å². The summed E-state index contributed by atoms with van der Waals surface area (Å²) < 4.78 is 0. The van der Waals surface area contributed by atoms with Crippen molar-refractivity contribution in [2.45, 2.75) is 9.92 Å². The molecule has 0 bridgehead atoms. The van der Waals surface area contributed by atoms with Gasteiger partial charge in [-0.25, -0.2) is 4.79 Å². The van der Waals surface area contributed by atoms with Crippen LogP contribution in [-0.2, 0) is 0 Å². The first-order valence-electron chi connectivity index (χ1n) is 6.42. The molecule has 0 saturated heterocycles. The van der Waals surface area contributed by atoms with Crippen molar-refractivity contribution in [2.24, 2.45) is 0 Å². The average Bonchev–Trinajstić information content (AvgIpc) is 2.97. The molecule has 0 fully saturated rings. The van der Waals surface area contributed by atoms with Crippen LogP contribution in [0.1, 0.15) is 10.5 Å². The van der Waals surface area contributed by atoms with E-state index in [2.05, 4.69) is 15.4 Å². The van der Waals surface area contributed by atoms with Gasteiger partial charge in [-0.05, 0) is 29.8 Å². The van der Waals surface area contributed by atoms with Crippen LogP contribution in [0.2, 0.25) is 10.0 Å². The van der Waals surface area contributed by atoms with Gasteiger partial charge in [0.25, 0.3) is 0 Å². The van der Waals surface area contributed by atoms with Crippen LogP contribution < -0.4 is 0 Å². The zero-order valence-corrected chi connectivity index (χ0v) is 13.8. The van der Waals surface area contributed by atoms with E-state index < -0.39 is 5.97 Å². The number of hydrogen-bond acceptors (Lipinski definition) is 4. The molecule has 0 unspecified atom stereocenters. The Balaban J connectivity index is 1.89. The van der Waals surface area contributed by atoms with Crippen LogP contribution in [0.5, 0.6) is 0 Å². The molecule has 0 atom stereocenters. The normalized spacial score (nSPS) is 10.7. The molecule has 1 aromatic heterocycles. The number of nitrogens with one attached hydrogen (secondary N) is 1. The summed E-state index contributed by atoms with van der Waals surface area (Å²) in [5.74, 6) is -1.11. The molecule has 0 spiro atoms. The molecule has 2 N–H and O–H groups in total. The average molecular weight is 366 g/mol. The summed E-state index contributed by atoms with van der Waals surface area (Å²) in [5, 5.41) is 20.2. The van der Waals surface area contributed by atoms with Crippen LogP contribution in [0, 0.1) is 0 Å². The van der Waals surface area contributed by atoms with Crippen LogP contribution in [0.25, 0.3) is 11.1 Å². The Morgan fingerprint density at radius 1 is 1.13 bits per heavy atom. The molecule has 8 heteroatoms. The number of aromatic carboxylic acids is 1. The molecule has 1 heterocycles. The molecular formula is C15H9Cl2N3O2S. The van der Waals surface area contributed by atoms with E-state index in [9.17, 15) is 4.79 Å². The third kappa shape index (κ3) is 3.50. The van der Waals surface area contributed by atoms with Crippen LogP contribution in [-0.4, -0.2) is 26.5 Å². The predicted octanol–water partition coefficient (Wildman–Crippen LogP) is 4.63. The lowest BCUT2D eigenvalue weighted by molar-refractivity contribution is 0.0686. The molecule has 5 nitrogen and oxygen atoms in total. The van der Waals surface area contributed by atoms with Gasteiger partial charge in [-0.1, -0.05) is 58.4 Å².